The lowest BCUT2D eigenvalue weighted by Crippen LogP contribution is -1.84. The maximum absolute atomic E-state index is 5.60. The van der Waals surface area contributed by atoms with Crippen molar-refractivity contribution >= 4 is 23.4 Å². The number of thioether (sulfide) groups is 1. The van der Waals surface area contributed by atoms with Gasteiger partial charge in [-0.15, -0.1) is 23.4 Å². The minimum absolute atomic E-state index is 0.763. The van der Waals surface area contributed by atoms with Crippen LogP contribution in [0.15, 0.2) is 29.2 Å². The first-order valence-electron chi connectivity index (χ1n) is 4.69. The predicted molar refractivity (Wildman–Crippen MR) is 63.7 cm³/mol. The van der Waals surface area contributed by atoms with E-state index in [1.165, 1.54) is 11.3 Å². The van der Waals surface area contributed by atoms with Crippen molar-refractivity contribution in [2.75, 3.05) is 18.7 Å². The van der Waals surface area contributed by atoms with E-state index in [1.54, 1.807) is 7.11 Å². The Balaban J connectivity index is 2.34. The monoisotopic (exact) mass is 230 g/mol. The molecule has 0 bridgehead atoms. The van der Waals surface area contributed by atoms with Gasteiger partial charge in [0.15, 0.2) is 0 Å². The summed E-state index contributed by atoms with van der Waals surface area (Å²) in [5, 5.41) is 0. The molecule has 0 aliphatic carbocycles. The third kappa shape index (κ3) is 4.25. The van der Waals surface area contributed by atoms with Crippen LogP contribution < -0.4 is 4.74 Å². The van der Waals surface area contributed by atoms with Crippen molar-refractivity contribution < 1.29 is 4.74 Å². The molecule has 0 unspecified atom stereocenters. The summed E-state index contributed by atoms with van der Waals surface area (Å²) >= 11 is 7.45. The molecule has 0 aliphatic rings. The van der Waals surface area contributed by atoms with Gasteiger partial charge in [0.1, 0.15) is 5.75 Å². The van der Waals surface area contributed by atoms with Crippen molar-refractivity contribution in [3.05, 3.63) is 24.3 Å². The highest BCUT2D eigenvalue weighted by atomic mass is 35.5. The number of benzene rings is 1. The van der Waals surface area contributed by atoms with E-state index in [-0.39, 0.29) is 0 Å². The molecule has 0 atom stereocenters. The molecule has 0 saturated heterocycles. The number of alkyl halides is 1. The van der Waals surface area contributed by atoms with E-state index in [1.807, 2.05) is 23.9 Å². The largest absolute Gasteiger partial charge is 0.497 e. The minimum Gasteiger partial charge on any atom is -0.497 e. The predicted octanol–water partition coefficient (Wildman–Crippen LogP) is 3.81. The second-order valence-electron chi connectivity index (χ2n) is 2.92. The van der Waals surface area contributed by atoms with E-state index in [4.69, 9.17) is 16.3 Å². The van der Waals surface area contributed by atoms with Gasteiger partial charge in [0.05, 0.1) is 7.11 Å². The molecule has 0 heterocycles. The average molecular weight is 231 g/mol. The summed E-state index contributed by atoms with van der Waals surface area (Å²) in [5.41, 5.74) is 0. The fourth-order valence-corrected chi connectivity index (χ4v) is 2.22. The van der Waals surface area contributed by atoms with Crippen LogP contribution in [-0.2, 0) is 0 Å². The molecule has 1 aromatic carbocycles. The van der Waals surface area contributed by atoms with Crippen molar-refractivity contribution in [3.8, 4) is 5.75 Å². The number of hydrogen-bond acceptors (Lipinski definition) is 2. The van der Waals surface area contributed by atoms with Crippen molar-refractivity contribution in [2.24, 2.45) is 0 Å². The molecular weight excluding hydrogens is 216 g/mol. The van der Waals surface area contributed by atoms with Crippen LogP contribution in [0.25, 0.3) is 0 Å². The molecule has 1 aromatic rings. The van der Waals surface area contributed by atoms with E-state index in [9.17, 15) is 0 Å². The van der Waals surface area contributed by atoms with Crippen molar-refractivity contribution in [1.82, 2.24) is 0 Å². The molecule has 0 aliphatic heterocycles. The number of unbranched alkanes of at least 4 members (excludes halogenated alkanes) is 1. The zero-order valence-electron chi connectivity index (χ0n) is 8.33. The van der Waals surface area contributed by atoms with Crippen LogP contribution in [0.5, 0.6) is 5.75 Å². The molecule has 3 heteroatoms. The summed E-state index contributed by atoms with van der Waals surface area (Å²) in [4.78, 5) is 1.26. The van der Waals surface area contributed by atoms with Crippen LogP contribution in [0.3, 0.4) is 0 Å². The molecule has 0 spiro atoms. The van der Waals surface area contributed by atoms with Gasteiger partial charge in [-0.05, 0) is 36.8 Å². The molecule has 78 valence electrons. The Morgan fingerprint density at radius 3 is 2.93 bits per heavy atom. The topological polar surface area (TPSA) is 9.23 Å². The number of methoxy groups -OCH3 is 1. The van der Waals surface area contributed by atoms with Crippen LogP contribution in [0.2, 0.25) is 0 Å². The third-order valence-corrected chi connectivity index (χ3v) is 3.19. The Morgan fingerprint density at radius 2 is 2.21 bits per heavy atom. The summed E-state index contributed by atoms with van der Waals surface area (Å²) in [6.07, 6.45) is 2.27. The van der Waals surface area contributed by atoms with E-state index in [2.05, 4.69) is 12.1 Å². The zero-order chi connectivity index (χ0) is 10.2. The van der Waals surface area contributed by atoms with Crippen LogP contribution in [0.1, 0.15) is 12.8 Å². The van der Waals surface area contributed by atoms with Crippen LogP contribution in [0.4, 0.5) is 0 Å². The van der Waals surface area contributed by atoms with Crippen molar-refractivity contribution in [3.63, 3.8) is 0 Å². The van der Waals surface area contributed by atoms with Crippen LogP contribution >= 0.6 is 23.4 Å². The van der Waals surface area contributed by atoms with E-state index in [0.717, 1.165) is 23.8 Å². The number of rotatable bonds is 6. The standard InChI is InChI=1S/C11H15ClOS/c1-13-10-5-4-6-11(9-10)14-8-3-2-7-12/h4-6,9H,2-3,7-8H2,1H3. The molecule has 0 radical (unpaired) electrons. The lowest BCUT2D eigenvalue weighted by atomic mass is 10.3. The molecule has 0 fully saturated rings. The molecular formula is C11H15ClOS. The van der Waals surface area contributed by atoms with Crippen molar-refractivity contribution in [1.29, 1.82) is 0 Å². The molecule has 1 rings (SSSR count). The maximum atomic E-state index is 5.60. The Labute approximate surface area is 94.8 Å². The van der Waals surface area contributed by atoms with E-state index >= 15 is 0 Å². The average Bonchev–Trinajstić information content (AvgIpc) is 2.25. The highest BCUT2D eigenvalue weighted by Crippen LogP contribution is 2.23. The number of ether oxygens (including phenoxy) is 1. The lowest BCUT2D eigenvalue weighted by Gasteiger charge is -2.03. The normalized spacial score (nSPS) is 10.1. The van der Waals surface area contributed by atoms with Gasteiger partial charge in [-0.3, -0.25) is 0 Å². The fourth-order valence-electron chi connectivity index (χ4n) is 1.08. The maximum Gasteiger partial charge on any atom is 0.119 e. The lowest BCUT2D eigenvalue weighted by molar-refractivity contribution is 0.413. The molecule has 0 aromatic heterocycles. The summed E-state index contributed by atoms with van der Waals surface area (Å²) in [6, 6.07) is 8.14. The SMILES string of the molecule is COc1cccc(SCCCCCl)c1. The van der Waals surface area contributed by atoms with Gasteiger partial charge in [0.25, 0.3) is 0 Å². The number of halogens is 1. The Morgan fingerprint density at radius 1 is 1.36 bits per heavy atom. The first-order valence-corrected chi connectivity index (χ1v) is 6.21. The molecule has 14 heavy (non-hydrogen) atoms. The zero-order valence-corrected chi connectivity index (χ0v) is 9.90. The quantitative estimate of drug-likeness (QED) is 0.418. The minimum atomic E-state index is 0.763. The first-order chi connectivity index (χ1) is 6.86. The first kappa shape index (κ1) is 11.7. The fraction of sp³-hybridized carbons (Fsp3) is 0.455. The van der Waals surface area contributed by atoms with Gasteiger partial charge in [-0.2, -0.15) is 0 Å². The summed E-state index contributed by atoms with van der Waals surface area (Å²) in [5.74, 6) is 2.81. The number of hydrogen-bond donors (Lipinski definition) is 0. The molecule has 0 amide bonds. The molecule has 0 N–H and O–H groups in total. The van der Waals surface area contributed by atoms with Gasteiger partial charge >= 0.3 is 0 Å². The third-order valence-electron chi connectivity index (χ3n) is 1.84. The van der Waals surface area contributed by atoms with Gasteiger partial charge in [-0.1, -0.05) is 6.07 Å². The van der Waals surface area contributed by atoms with Crippen LogP contribution in [0, 0.1) is 0 Å². The van der Waals surface area contributed by atoms with Crippen molar-refractivity contribution in [2.45, 2.75) is 17.7 Å². The van der Waals surface area contributed by atoms with Gasteiger partial charge in [-0.25, -0.2) is 0 Å². The smallest absolute Gasteiger partial charge is 0.119 e. The summed E-state index contributed by atoms with van der Waals surface area (Å²) < 4.78 is 5.15. The Bertz CT molecular complexity index is 265. The van der Waals surface area contributed by atoms with Gasteiger partial charge in [0.2, 0.25) is 0 Å². The van der Waals surface area contributed by atoms with E-state index in [0.29, 0.717) is 0 Å². The Kier molecular flexibility index (Phi) is 5.88. The summed E-state index contributed by atoms with van der Waals surface area (Å²) in [6.45, 7) is 0. The Hall–Kier alpha value is -0.340. The summed E-state index contributed by atoms with van der Waals surface area (Å²) in [7, 11) is 1.69. The second kappa shape index (κ2) is 7.02. The van der Waals surface area contributed by atoms with E-state index < -0.39 is 0 Å². The van der Waals surface area contributed by atoms with Crippen LogP contribution in [-0.4, -0.2) is 18.7 Å². The van der Waals surface area contributed by atoms with Gasteiger partial charge < -0.3 is 4.74 Å². The van der Waals surface area contributed by atoms with Gasteiger partial charge in [0, 0.05) is 10.8 Å². The molecule has 0 saturated carbocycles. The second-order valence-corrected chi connectivity index (χ2v) is 4.47. The molecule has 1 nitrogen and oxygen atoms in total. The highest BCUT2D eigenvalue weighted by Gasteiger charge is 1.96. The highest BCUT2D eigenvalue weighted by molar-refractivity contribution is 7.99.